The molecular weight excluding hydrogens is 398 g/mol. The highest BCUT2D eigenvalue weighted by molar-refractivity contribution is 6.62. The van der Waals surface area contributed by atoms with Crippen molar-refractivity contribution in [3.63, 3.8) is 0 Å². The van der Waals surface area contributed by atoms with Gasteiger partial charge in [0, 0.05) is 13.1 Å². The van der Waals surface area contributed by atoms with E-state index in [1.165, 1.54) is 0 Å². The number of ether oxygens (including phenoxy) is 1. The molecule has 0 saturated heterocycles. The fourth-order valence-corrected chi connectivity index (χ4v) is 3.49. The maximum absolute atomic E-state index is 11.6. The van der Waals surface area contributed by atoms with Crippen molar-refractivity contribution in [2.45, 2.75) is 38.6 Å². The third-order valence-corrected chi connectivity index (χ3v) is 4.85. The van der Waals surface area contributed by atoms with Crippen LogP contribution in [0, 0.1) is 0 Å². The van der Waals surface area contributed by atoms with Gasteiger partial charge in [0.05, 0.1) is 12.2 Å². The minimum Gasteiger partial charge on any atom is -0.444 e. The summed E-state index contributed by atoms with van der Waals surface area (Å²) in [6.45, 7) is 6.09. The van der Waals surface area contributed by atoms with E-state index in [1.54, 1.807) is 20.8 Å². The first-order valence-corrected chi connectivity index (χ1v) is 10.2. The number of amides is 1. The fraction of sp³-hybridized carbons (Fsp3) is 0.381. The third kappa shape index (κ3) is 5.87. The summed E-state index contributed by atoms with van der Waals surface area (Å²) < 4.78 is 15.8. The molecular formula is C21H28B2N2O6. The molecule has 4 rings (SSSR count). The summed E-state index contributed by atoms with van der Waals surface area (Å²) in [5.74, 6) is 0. The minimum atomic E-state index is -0.929. The maximum Gasteiger partial charge on any atom is 0.492 e. The van der Waals surface area contributed by atoms with Crippen LogP contribution in [0.5, 0.6) is 0 Å². The average molecular weight is 426 g/mol. The van der Waals surface area contributed by atoms with Gasteiger partial charge >= 0.3 is 20.3 Å². The topological polar surface area (TPSA) is 123 Å². The van der Waals surface area contributed by atoms with Crippen LogP contribution in [0.2, 0.25) is 0 Å². The highest BCUT2D eigenvalue weighted by Gasteiger charge is 2.35. The molecule has 0 aliphatic carbocycles. The Morgan fingerprint density at radius 2 is 1.48 bits per heavy atom. The first-order valence-electron chi connectivity index (χ1n) is 10.2. The molecule has 0 aromatic heterocycles. The smallest absolute Gasteiger partial charge is 0.444 e. The van der Waals surface area contributed by atoms with Crippen LogP contribution in [-0.4, -0.2) is 49.1 Å². The second kappa shape index (κ2) is 9.84. The van der Waals surface area contributed by atoms with Crippen molar-refractivity contribution >= 4 is 31.3 Å². The highest BCUT2D eigenvalue weighted by atomic mass is 16.6. The number of carbonyl (C=O) groups is 1. The monoisotopic (exact) mass is 426 g/mol. The van der Waals surface area contributed by atoms with Crippen molar-refractivity contribution in [2.75, 3.05) is 13.1 Å². The van der Waals surface area contributed by atoms with Gasteiger partial charge < -0.3 is 35.1 Å². The van der Waals surface area contributed by atoms with Gasteiger partial charge in [-0.05, 0) is 42.8 Å². The Kier molecular flexibility index (Phi) is 7.40. The van der Waals surface area contributed by atoms with E-state index in [9.17, 15) is 14.8 Å². The van der Waals surface area contributed by atoms with Crippen LogP contribution in [0.3, 0.4) is 0 Å². The summed E-state index contributed by atoms with van der Waals surface area (Å²) in [5, 5.41) is 21.8. The molecule has 2 aliphatic rings. The molecule has 10 heteroatoms. The average Bonchev–Trinajstić information content (AvgIpc) is 3.23. The molecule has 1 amide bonds. The van der Waals surface area contributed by atoms with Gasteiger partial charge in [-0.1, -0.05) is 48.5 Å². The second-order valence-corrected chi connectivity index (χ2v) is 8.33. The molecule has 2 atom stereocenters. The number of fused-ring (bicyclic) bond motifs is 2. The van der Waals surface area contributed by atoms with Gasteiger partial charge in [-0.15, -0.1) is 0 Å². The van der Waals surface area contributed by atoms with Crippen LogP contribution in [0.4, 0.5) is 4.79 Å². The number of carbonyl (C=O) groups excluding carboxylic acids is 1. The van der Waals surface area contributed by atoms with E-state index in [4.69, 9.17) is 19.8 Å². The molecule has 2 aromatic rings. The lowest BCUT2D eigenvalue weighted by molar-refractivity contribution is 0.0498. The lowest BCUT2D eigenvalue weighted by Crippen LogP contribution is -2.35. The van der Waals surface area contributed by atoms with Crippen LogP contribution >= 0.6 is 0 Å². The summed E-state index contributed by atoms with van der Waals surface area (Å²) in [6, 6.07) is 15.0. The predicted octanol–water partition coefficient (Wildman–Crippen LogP) is 0.374. The molecule has 2 aromatic carbocycles. The highest BCUT2D eigenvalue weighted by Crippen LogP contribution is 2.22. The molecule has 0 bridgehead atoms. The van der Waals surface area contributed by atoms with Crippen molar-refractivity contribution in [3.8, 4) is 0 Å². The van der Waals surface area contributed by atoms with Crippen LogP contribution in [0.25, 0.3) is 0 Å². The lowest BCUT2D eigenvalue weighted by Gasteiger charge is -2.21. The van der Waals surface area contributed by atoms with Crippen LogP contribution in [-0.2, 0) is 14.0 Å². The Bertz CT molecular complexity index is 907. The minimum absolute atomic E-state index is 0.142. The summed E-state index contributed by atoms with van der Waals surface area (Å²) in [5.41, 5.74) is 8.44. The predicted molar refractivity (Wildman–Crippen MR) is 119 cm³/mol. The number of nitrogens with two attached hydrogens (primary N) is 1. The van der Waals surface area contributed by atoms with Gasteiger partial charge in [0.1, 0.15) is 5.60 Å². The summed E-state index contributed by atoms with van der Waals surface area (Å²) in [4.78, 5) is 11.6. The van der Waals surface area contributed by atoms with E-state index >= 15 is 0 Å². The Balaban J connectivity index is 0.000000194. The normalized spacial score (nSPS) is 19.3. The van der Waals surface area contributed by atoms with Crippen molar-refractivity contribution in [1.29, 1.82) is 0 Å². The molecule has 2 heterocycles. The molecule has 0 fully saturated rings. The Morgan fingerprint density at radius 1 is 1.00 bits per heavy atom. The van der Waals surface area contributed by atoms with Crippen molar-refractivity contribution in [2.24, 2.45) is 5.73 Å². The number of hydrogen-bond donors (Lipinski definition) is 4. The number of nitrogens with one attached hydrogen (secondary N) is 1. The third-order valence-electron chi connectivity index (χ3n) is 4.85. The molecule has 0 saturated carbocycles. The van der Waals surface area contributed by atoms with E-state index in [1.807, 2.05) is 48.5 Å². The molecule has 0 radical (unpaired) electrons. The van der Waals surface area contributed by atoms with Crippen molar-refractivity contribution < 1.29 is 28.9 Å². The van der Waals surface area contributed by atoms with E-state index in [0.717, 1.165) is 22.1 Å². The molecule has 5 N–H and O–H groups in total. The maximum atomic E-state index is 11.6. The fourth-order valence-electron chi connectivity index (χ4n) is 3.49. The van der Waals surface area contributed by atoms with E-state index < -0.39 is 25.9 Å². The Labute approximate surface area is 183 Å². The van der Waals surface area contributed by atoms with Crippen LogP contribution < -0.4 is 22.0 Å². The van der Waals surface area contributed by atoms with Gasteiger partial charge in [0.2, 0.25) is 0 Å². The van der Waals surface area contributed by atoms with E-state index in [0.29, 0.717) is 6.54 Å². The summed E-state index contributed by atoms with van der Waals surface area (Å²) in [7, 11) is -1.73. The van der Waals surface area contributed by atoms with Crippen LogP contribution in [0.1, 0.15) is 44.1 Å². The largest absolute Gasteiger partial charge is 0.492 e. The molecule has 0 spiro atoms. The van der Waals surface area contributed by atoms with Crippen molar-refractivity contribution in [1.82, 2.24) is 5.32 Å². The van der Waals surface area contributed by atoms with Gasteiger partial charge in [-0.25, -0.2) is 4.79 Å². The van der Waals surface area contributed by atoms with Crippen LogP contribution in [0.15, 0.2) is 48.5 Å². The first-order chi connectivity index (χ1) is 14.7. The summed E-state index contributed by atoms with van der Waals surface area (Å²) >= 11 is 0. The van der Waals surface area contributed by atoms with E-state index in [2.05, 4.69) is 5.32 Å². The Hall–Kier alpha value is -2.36. The first kappa shape index (κ1) is 23.3. The molecule has 2 unspecified atom stereocenters. The zero-order valence-corrected chi connectivity index (χ0v) is 17.9. The zero-order chi connectivity index (χ0) is 22.6. The van der Waals surface area contributed by atoms with Gasteiger partial charge in [0.15, 0.2) is 0 Å². The SMILES string of the molecule is CC(C)(C)OC(=O)NCC1OB(O)c2ccccc21.NCC1OB(O)c2ccccc21. The standard InChI is InChI=1S/C13H18BNO4.C8H10BNO2/c1-13(2,3)18-12(16)15-8-11-9-6-4-5-7-10(9)14(17)19-11;10-5-8-6-3-1-2-4-7(6)9(11)12-8/h4-7,11,17H,8H2,1-3H3,(H,15,16);1-4,8,11H,5,10H2. The quantitative estimate of drug-likeness (QED) is 0.524. The number of benzene rings is 2. The number of hydrogen-bond acceptors (Lipinski definition) is 7. The molecule has 8 nitrogen and oxygen atoms in total. The molecule has 164 valence electrons. The van der Waals surface area contributed by atoms with Gasteiger partial charge in [-0.2, -0.15) is 0 Å². The number of rotatable bonds is 3. The zero-order valence-electron chi connectivity index (χ0n) is 17.9. The number of alkyl carbamates (subject to hydrolysis) is 1. The molecule has 2 aliphatic heterocycles. The van der Waals surface area contributed by atoms with Gasteiger partial charge in [-0.3, -0.25) is 0 Å². The molecule has 31 heavy (non-hydrogen) atoms. The van der Waals surface area contributed by atoms with Gasteiger partial charge in [0.25, 0.3) is 0 Å². The second-order valence-electron chi connectivity index (χ2n) is 8.33. The summed E-state index contributed by atoms with van der Waals surface area (Å²) in [6.07, 6.45) is -0.982. The van der Waals surface area contributed by atoms with E-state index in [-0.39, 0.29) is 18.8 Å². The van der Waals surface area contributed by atoms with Crippen molar-refractivity contribution in [3.05, 3.63) is 59.7 Å². The Morgan fingerprint density at radius 3 is 2.00 bits per heavy atom. The lowest BCUT2D eigenvalue weighted by atomic mass is 9.79.